The Labute approximate surface area is 234 Å². The lowest BCUT2D eigenvalue weighted by atomic mass is 9.87. The predicted octanol–water partition coefficient (Wildman–Crippen LogP) is 7.60. The number of amides is 1. The van der Waals surface area contributed by atoms with E-state index in [1.165, 1.54) is 11.1 Å². The highest BCUT2D eigenvalue weighted by Gasteiger charge is 2.38. The fraction of sp³-hybridized carbons (Fsp3) is 0.324. The summed E-state index contributed by atoms with van der Waals surface area (Å²) in [6.45, 7) is 6.71. The number of likely N-dealkylation sites (tertiary alicyclic amines) is 2. The number of carbonyl (C=O) groups excluding carboxylic acids is 1. The molecule has 39 heavy (non-hydrogen) atoms. The van der Waals surface area contributed by atoms with Crippen molar-refractivity contribution in [1.82, 2.24) is 9.80 Å². The van der Waals surface area contributed by atoms with Gasteiger partial charge >= 0.3 is 0 Å². The monoisotopic (exact) mass is 538 g/mol. The Hall–Kier alpha value is -3.28. The molecule has 3 heterocycles. The molecule has 2 aliphatic rings. The molecule has 0 unspecified atom stereocenters. The second kappa shape index (κ2) is 11.4. The van der Waals surface area contributed by atoms with Crippen LogP contribution < -0.4 is 0 Å². The molecule has 3 aromatic carbocycles. The van der Waals surface area contributed by atoms with Crippen LogP contribution >= 0.6 is 11.3 Å². The third-order valence-corrected chi connectivity index (χ3v) is 9.39. The Morgan fingerprint density at radius 3 is 2.38 bits per heavy atom. The number of aryl methyl sites for hydroxylation is 1. The lowest BCUT2D eigenvalue weighted by Gasteiger charge is -2.34. The first-order chi connectivity index (χ1) is 19.1. The fourth-order valence-corrected chi connectivity index (χ4v) is 7.33. The van der Waals surface area contributed by atoms with Gasteiger partial charge in [-0.05, 0) is 108 Å². The van der Waals surface area contributed by atoms with E-state index in [1.807, 2.05) is 42.5 Å². The first-order valence-corrected chi connectivity index (χ1v) is 15.0. The molecule has 3 nitrogen and oxygen atoms in total. The second-order valence-electron chi connectivity index (χ2n) is 11.1. The van der Waals surface area contributed by atoms with Gasteiger partial charge in [-0.1, -0.05) is 54.6 Å². The van der Waals surface area contributed by atoms with E-state index >= 15 is 0 Å². The summed E-state index contributed by atoms with van der Waals surface area (Å²) in [5.74, 6) is 1.21. The van der Waals surface area contributed by atoms with Crippen molar-refractivity contribution in [3.63, 3.8) is 0 Å². The lowest BCUT2D eigenvalue weighted by molar-refractivity contribution is 0.0782. The smallest absolute Gasteiger partial charge is 0.254 e. The van der Waals surface area contributed by atoms with Gasteiger partial charge in [-0.25, -0.2) is 4.39 Å². The van der Waals surface area contributed by atoms with Gasteiger partial charge in [0.05, 0.1) is 0 Å². The number of hydrogen-bond acceptors (Lipinski definition) is 3. The number of thiophene rings is 1. The number of rotatable bonds is 6. The molecule has 0 aliphatic carbocycles. The van der Waals surface area contributed by atoms with Gasteiger partial charge in [0.2, 0.25) is 0 Å². The van der Waals surface area contributed by atoms with Crippen LogP contribution in [0.2, 0.25) is 0 Å². The Balaban J connectivity index is 1.19. The zero-order valence-corrected chi connectivity index (χ0v) is 23.2. The Bertz CT molecular complexity index is 1400. The van der Waals surface area contributed by atoms with E-state index in [-0.39, 0.29) is 11.7 Å². The Morgan fingerprint density at radius 2 is 1.67 bits per heavy atom. The Kier molecular flexibility index (Phi) is 7.62. The second-order valence-corrected chi connectivity index (χ2v) is 11.9. The van der Waals surface area contributed by atoms with Crippen molar-refractivity contribution in [2.45, 2.75) is 31.6 Å². The number of nitrogens with zero attached hydrogens (tertiary/aromatic N) is 2. The van der Waals surface area contributed by atoms with Gasteiger partial charge in [-0.2, -0.15) is 11.3 Å². The van der Waals surface area contributed by atoms with Crippen LogP contribution in [0.25, 0.3) is 11.1 Å². The quantitative estimate of drug-likeness (QED) is 0.252. The lowest BCUT2D eigenvalue weighted by Crippen LogP contribution is -2.38. The topological polar surface area (TPSA) is 23.6 Å². The van der Waals surface area contributed by atoms with Crippen LogP contribution in [-0.2, 0) is 0 Å². The largest absolute Gasteiger partial charge is 0.338 e. The molecular weight excluding hydrogens is 503 g/mol. The van der Waals surface area contributed by atoms with Crippen molar-refractivity contribution in [2.24, 2.45) is 5.92 Å². The van der Waals surface area contributed by atoms with Crippen molar-refractivity contribution >= 4 is 17.2 Å². The summed E-state index contributed by atoms with van der Waals surface area (Å²) >= 11 is 1.74. The number of carbonyl (C=O) groups is 1. The van der Waals surface area contributed by atoms with Gasteiger partial charge in [0.25, 0.3) is 5.91 Å². The van der Waals surface area contributed by atoms with Crippen LogP contribution in [0.5, 0.6) is 0 Å². The molecular formula is C34H35FN2OS. The van der Waals surface area contributed by atoms with Crippen LogP contribution in [-0.4, -0.2) is 48.4 Å². The van der Waals surface area contributed by atoms with Gasteiger partial charge in [0.1, 0.15) is 5.82 Å². The molecule has 2 atom stereocenters. The fourth-order valence-electron chi connectivity index (χ4n) is 6.61. The molecule has 0 saturated carbocycles. The zero-order chi connectivity index (χ0) is 26.8. The van der Waals surface area contributed by atoms with Crippen molar-refractivity contribution < 1.29 is 9.18 Å². The maximum atomic E-state index is 14.1. The van der Waals surface area contributed by atoms with Crippen LogP contribution in [0, 0.1) is 18.7 Å². The van der Waals surface area contributed by atoms with Crippen molar-refractivity contribution in [3.8, 4) is 11.1 Å². The number of hydrogen-bond donors (Lipinski definition) is 0. The van der Waals surface area contributed by atoms with E-state index in [0.717, 1.165) is 67.8 Å². The zero-order valence-electron chi connectivity index (χ0n) is 22.4. The van der Waals surface area contributed by atoms with Gasteiger partial charge in [0.15, 0.2) is 0 Å². The molecule has 5 heteroatoms. The predicted molar refractivity (Wildman–Crippen MR) is 158 cm³/mol. The van der Waals surface area contributed by atoms with Crippen LogP contribution in [0.4, 0.5) is 4.39 Å². The standard InChI is InChI=1S/C34H35FN2OS/c1-24-6-5-9-31(33(24)27-7-3-2-4-8-27)34(38)37-21-29(32(22-37)28-16-19-39-23-28)20-36-17-14-26(15-18-36)25-10-12-30(35)13-11-25/h2-13,16,19,23,26,29,32H,14-15,17-18,20-22H2,1H3/t29-,32+/m1/s1. The highest BCUT2D eigenvalue weighted by Crippen LogP contribution is 2.38. The SMILES string of the molecule is Cc1cccc(C(=O)N2C[C@@H](CN3CCC(c4ccc(F)cc4)CC3)[C@H](c3ccsc3)C2)c1-c1ccccc1. The summed E-state index contributed by atoms with van der Waals surface area (Å²) in [5.41, 5.74) is 6.66. The molecule has 0 radical (unpaired) electrons. The third-order valence-electron chi connectivity index (χ3n) is 8.69. The van der Waals surface area contributed by atoms with Crippen molar-refractivity contribution in [1.29, 1.82) is 0 Å². The van der Waals surface area contributed by atoms with E-state index < -0.39 is 0 Å². The summed E-state index contributed by atoms with van der Waals surface area (Å²) in [6.07, 6.45) is 2.18. The molecule has 2 saturated heterocycles. The van der Waals surface area contributed by atoms with Gasteiger partial charge < -0.3 is 9.80 Å². The molecule has 4 aromatic rings. The van der Waals surface area contributed by atoms with Crippen LogP contribution in [0.1, 0.15) is 51.7 Å². The minimum Gasteiger partial charge on any atom is -0.338 e. The van der Waals surface area contributed by atoms with E-state index in [9.17, 15) is 9.18 Å². The van der Waals surface area contributed by atoms with E-state index in [0.29, 0.717) is 17.8 Å². The minimum atomic E-state index is -0.169. The number of benzene rings is 3. The summed E-state index contributed by atoms with van der Waals surface area (Å²) < 4.78 is 13.4. The summed E-state index contributed by atoms with van der Waals surface area (Å²) in [4.78, 5) is 18.7. The van der Waals surface area contributed by atoms with Gasteiger partial charge in [0, 0.05) is 31.1 Å². The van der Waals surface area contributed by atoms with E-state index in [4.69, 9.17) is 0 Å². The molecule has 0 spiro atoms. The highest BCUT2D eigenvalue weighted by atomic mass is 32.1. The van der Waals surface area contributed by atoms with E-state index in [2.05, 4.69) is 51.7 Å². The molecule has 2 aliphatic heterocycles. The highest BCUT2D eigenvalue weighted by molar-refractivity contribution is 7.08. The first kappa shape index (κ1) is 26.0. The van der Waals surface area contributed by atoms with Crippen LogP contribution in [0.3, 0.4) is 0 Å². The maximum Gasteiger partial charge on any atom is 0.254 e. The molecule has 2 fully saturated rings. The molecule has 1 amide bonds. The van der Waals surface area contributed by atoms with Crippen LogP contribution in [0.15, 0.2) is 89.6 Å². The maximum absolute atomic E-state index is 14.1. The van der Waals surface area contributed by atoms with E-state index in [1.54, 1.807) is 23.5 Å². The normalized spacial score (nSPS) is 20.4. The number of halogens is 1. The van der Waals surface area contributed by atoms with Gasteiger partial charge in [-0.3, -0.25) is 4.79 Å². The summed E-state index contributed by atoms with van der Waals surface area (Å²) in [5, 5.41) is 4.41. The van der Waals surface area contributed by atoms with Crippen molar-refractivity contribution in [3.05, 3.63) is 118 Å². The summed E-state index contributed by atoms with van der Waals surface area (Å²) in [6, 6.07) is 25.6. The minimum absolute atomic E-state index is 0.135. The summed E-state index contributed by atoms with van der Waals surface area (Å²) in [7, 11) is 0. The molecule has 1 aromatic heterocycles. The first-order valence-electron chi connectivity index (χ1n) is 14.0. The molecule has 0 bridgehead atoms. The molecule has 0 N–H and O–H groups in total. The Morgan fingerprint density at radius 1 is 0.897 bits per heavy atom. The van der Waals surface area contributed by atoms with Gasteiger partial charge in [-0.15, -0.1) is 0 Å². The molecule has 6 rings (SSSR count). The average Bonchev–Trinajstić information content (AvgIpc) is 3.64. The van der Waals surface area contributed by atoms with Crippen molar-refractivity contribution in [2.75, 3.05) is 32.7 Å². The average molecular weight is 539 g/mol. The number of piperidine rings is 1. The molecule has 200 valence electrons. The third kappa shape index (κ3) is 5.57.